The van der Waals surface area contributed by atoms with Crippen molar-refractivity contribution in [1.82, 2.24) is 4.90 Å². The molecule has 0 unspecified atom stereocenters. The molecule has 1 saturated heterocycles. The molecule has 2 aromatic rings. The molecule has 0 aromatic heterocycles. The Morgan fingerprint density at radius 1 is 1.16 bits per heavy atom. The Balaban J connectivity index is 1.94. The zero-order valence-electron chi connectivity index (χ0n) is 13.7. The minimum atomic E-state index is -1.34. The molecule has 1 amide bonds. The summed E-state index contributed by atoms with van der Waals surface area (Å²) in [6.07, 6.45) is 0.0693. The zero-order valence-corrected chi connectivity index (χ0v) is 14.4. The van der Waals surface area contributed by atoms with Gasteiger partial charge in [0.2, 0.25) is 0 Å². The molecule has 1 aliphatic heterocycles. The molecule has 3 rings (SSSR count). The van der Waals surface area contributed by atoms with E-state index in [2.05, 4.69) is 0 Å². The second kappa shape index (κ2) is 6.86. The monoisotopic (exact) mass is 359 g/mol. The number of amides is 1. The van der Waals surface area contributed by atoms with Gasteiger partial charge in [-0.25, -0.2) is 4.79 Å². The van der Waals surface area contributed by atoms with Gasteiger partial charge in [-0.1, -0.05) is 41.9 Å². The maximum Gasteiger partial charge on any atom is 0.328 e. The number of benzene rings is 2. The Morgan fingerprint density at radius 3 is 2.40 bits per heavy atom. The van der Waals surface area contributed by atoms with Crippen molar-refractivity contribution in [2.24, 2.45) is 0 Å². The molecule has 2 aromatic carbocycles. The molecule has 25 heavy (non-hydrogen) atoms. The second-order valence-corrected chi connectivity index (χ2v) is 6.52. The Labute approximate surface area is 150 Å². The fourth-order valence-corrected chi connectivity index (χ4v) is 3.29. The van der Waals surface area contributed by atoms with Gasteiger partial charge < -0.3 is 14.7 Å². The largest absolute Gasteiger partial charge is 0.467 e. The first-order valence-corrected chi connectivity index (χ1v) is 8.25. The first-order valence-electron chi connectivity index (χ1n) is 7.87. The van der Waals surface area contributed by atoms with Crippen LogP contribution in [0.25, 0.3) is 0 Å². The van der Waals surface area contributed by atoms with E-state index in [9.17, 15) is 14.7 Å². The first kappa shape index (κ1) is 17.5. The predicted octanol–water partition coefficient (Wildman–Crippen LogP) is 2.62. The molecule has 0 bridgehead atoms. The van der Waals surface area contributed by atoms with E-state index < -0.39 is 17.6 Å². The Hall–Kier alpha value is -2.37. The number of hydrogen-bond donors (Lipinski definition) is 1. The topological polar surface area (TPSA) is 66.8 Å². The number of esters is 1. The lowest BCUT2D eigenvalue weighted by Crippen LogP contribution is -2.41. The number of methoxy groups -OCH3 is 1. The summed E-state index contributed by atoms with van der Waals surface area (Å²) in [5.41, 5.74) is -0.278. The van der Waals surface area contributed by atoms with Crippen LogP contribution in [0.2, 0.25) is 5.02 Å². The van der Waals surface area contributed by atoms with Crippen LogP contribution in [0.3, 0.4) is 0 Å². The highest BCUT2D eigenvalue weighted by Gasteiger charge is 2.49. The predicted molar refractivity (Wildman–Crippen MR) is 93.2 cm³/mol. The molecular formula is C19H18ClNO4. The van der Waals surface area contributed by atoms with Crippen LogP contribution in [0.4, 0.5) is 0 Å². The number of carbonyl (C=O) groups is 2. The number of likely N-dealkylation sites (tertiary alicyclic amines) is 1. The maximum absolute atomic E-state index is 12.8. The molecule has 1 N–H and O–H groups in total. The van der Waals surface area contributed by atoms with Crippen LogP contribution >= 0.6 is 11.6 Å². The Kier molecular flexibility index (Phi) is 4.79. The third kappa shape index (κ3) is 3.38. The van der Waals surface area contributed by atoms with Crippen LogP contribution in [0.1, 0.15) is 22.3 Å². The van der Waals surface area contributed by atoms with Gasteiger partial charge in [0.25, 0.3) is 5.91 Å². The summed E-state index contributed by atoms with van der Waals surface area (Å²) < 4.78 is 4.83. The summed E-state index contributed by atoms with van der Waals surface area (Å²) in [4.78, 5) is 26.4. The lowest BCUT2D eigenvalue weighted by Gasteiger charge is -2.24. The van der Waals surface area contributed by atoms with E-state index in [0.29, 0.717) is 16.1 Å². The van der Waals surface area contributed by atoms with E-state index in [0.717, 1.165) is 0 Å². The number of hydrogen-bond acceptors (Lipinski definition) is 4. The van der Waals surface area contributed by atoms with Crippen molar-refractivity contribution in [3.05, 3.63) is 70.7 Å². The minimum Gasteiger partial charge on any atom is -0.467 e. The van der Waals surface area contributed by atoms with E-state index >= 15 is 0 Å². The van der Waals surface area contributed by atoms with Crippen LogP contribution in [0.5, 0.6) is 0 Å². The average molecular weight is 360 g/mol. The van der Waals surface area contributed by atoms with Crippen molar-refractivity contribution < 1.29 is 19.4 Å². The quantitative estimate of drug-likeness (QED) is 0.855. The second-order valence-electron chi connectivity index (χ2n) is 6.08. The number of β-amino-alcohol motifs (C(OH)–C–C–N with tert-alkyl or cyclic N) is 1. The smallest absolute Gasteiger partial charge is 0.328 e. The summed E-state index contributed by atoms with van der Waals surface area (Å²) >= 11 is 5.90. The van der Waals surface area contributed by atoms with Crippen LogP contribution in [-0.4, -0.2) is 41.6 Å². The van der Waals surface area contributed by atoms with E-state index in [1.165, 1.54) is 12.0 Å². The highest BCUT2D eigenvalue weighted by molar-refractivity contribution is 6.30. The SMILES string of the molecule is COC(=O)[C@H]1C[C@@](O)(c2ccc(Cl)cc2)CN1C(=O)c1ccccc1. The van der Waals surface area contributed by atoms with E-state index in [-0.39, 0.29) is 18.9 Å². The van der Waals surface area contributed by atoms with Crippen molar-refractivity contribution >= 4 is 23.5 Å². The van der Waals surface area contributed by atoms with Gasteiger partial charge in [0.05, 0.1) is 13.7 Å². The Bertz CT molecular complexity index is 778. The highest BCUT2D eigenvalue weighted by atomic mass is 35.5. The lowest BCUT2D eigenvalue weighted by molar-refractivity contribution is -0.145. The fraction of sp³-hybridized carbons (Fsp3) is 0.263. The summed E-state index contributed by atoms with van der Waals surface area (Å²) in [6, 6.07) is 14.6. The van der Waals surface area contributed by atoms with Crippen LogP contribution in [0.15, 0.2) is 54.6 Å². The van der Waals surface area contributed by atoms with Gasteiger partial charge in [0.15, 0.2) is 0 Å². The minimum absolute atomic E-state index is 0.00211. The molecule has 5 nitrogen and oxygen atoms in total. The number of halogens is 1. The molecule has 0 aliphatic carbocycles. The van der Waals surface area contributed by atoms with E-state index in [1.807, 2.05) is 6.07 Å². The van der Waals surface area contributed by atoms with E-state index in [1.54, 1.807) is 48.5 Å². The van der Waals surface area contributed by atoms with Gasteiger partial charge in [-0.2, -0.15) is 0 Å². The van der Waals surface area contributed by atoms with E-state index in [4.69, 9.17) is 16.3 Å². The van der Waals surface area contributed by atoms with Gasteiger partial charge in [0, 0.05) is 17.0 Å². The van der Waals surface area contributed by atoms with Gasteiger partial charge in [-0.3, -0.25) is 4.79 Å². The third-order valence-corrected chi connectivity index (χ3v) is 4.73. The van der Waals surface area contributed by atoms with Gasteiger partial charge in [0.1, 0.15) is 11.6 Å². The number of carbonyl (C=O) groups excluding carboxylic acids is 2. The first-order chi connectivity index (χ1) is 11.9. The third-order valence-electron chi connectivity index (χ3n) is 4.48. The van der Waals surface area contributed by atoms with Crippen molar-refractivity contribution in [3.63, 3.8) is 0 Å². The maximum atomic E-state index is 12.8. The molecule has 0 spiro atoms. The zero-order chi connectivity index (χ0) is 18.0. The summed E-state index contributed by atoms with van der Waals surface area (Å²) in [6.45, 7) is 0.00211. The highest BCUT2D eigenvalue weighted by Crippen LogP contribution is 2.37. The number of aliphatic hydroxyl groups is 1. The molecule has 1 fully saturated rings. The normalized spacial score (nSPS) is 22.7. The van der Waals surface area contributed by atoms with Crippen molar-refractivity contribution in [1.29, 1.82) is 0 Å². The molecule has 0 radical (unpaired) electrons. The van der Waals surface area contributed by atoms with Gasteiger partial charge in [-0.15, -0.1) is 0 Å². The van der Waals surface area contributed by atoms with Crippen molar-refractivity contribution in [3.8, 4) is 0 Å². The van der Waals surface area contributed by atoms with Crippen LogP contribution < -0.4 is 0 Å². The number of rotatable bonds is 3. The molecule has 6 heteroatoms. The van der Waals surface area contributed by atoms with Gasteiger partial charge >= 0.3 is 5.97 Å². The Morgan fingerprint density at radius 2 is 1.80 bits per heavy atom. The van der Waals surface area contributed by atoms with Crippen molar-refractivity contribution in [2.75, 3.05) is 13.7 Å². The molecule has 0 saturated carbocycles. The standard InChI is InChI=1S/C19H18ClNO4/c1-25-18(23)16-11-19(24,14-7-9-15(20)10-8-14)12-21(16)17(22)13-5-3-2-4-6-13/h2-10,16,24H,11-12H2,1H3/t16-,19+/m1/s1. The fourth-order valence-electron chi connectivity index (χ4n) is 3.16. The van der Waals surface area contributed by atoms with Crippen LogP contribution in [0, 0.1) is 0 Å². The number of nitrogens with zero attached hydrogens (tertiary/aromatic N) is 1. The molecule has 1 heterocycles. The molecule has 130 valence electrons. The molecule has 2 atom stereocenters. The summed E-state index contributed by atoms with van der Waals surface area (Å²) in [5, 5.41) is 11.6. The molecule has 1 aliphatic rings. The summed E-state index contributed by atoms with van der Waals surface area (Å²) in [7, 11) is 1.27. The van der Waals surface area contributed by atoms with Crippen molar-refractivity contribution in [2.45, 2.75) is 18.1 Å². The molecular weight excluding hydrogens is 342 g/mol. The van der Waals surface area contributed by atoms with Gasteiger partial charge in [-0.05, 0) is 29.8 Å². The summed E-state index contributed by atoms with van der Waals surface area (Å²) in [5.74, 6) is -0.866. The number of ether oxygens (including phenoxy) is 1. The van der Waals surface area contributed by atoms with Crippen LogP contribution in [-0.2, 0) is 15.1 Å². The lowest BCUT2D eigenvalue weighted by atomic mass is 9.91. The average Bonchev–Trinajstić information content (AvgIpc) is 3.00.